The van der Waals surface area contributed by atoms with E-state index in [4.69, 9.17) is 16.7 Å². The van der Waals surface area contributed by atoms with E-state index in [-0.39, 0.29) is 10.6 Å². The molecule has 2 rings (SSSR count). The quantitative estimate of drug-likeness (QED) is 0.922. The second-order valence-corrected chi connectivity index (χ2v) is 5.43. The summed E-state index contributed by atoms with van der Waals surface area (Å²) in [6.45, 7) is 4.10. The van der Waals surface area contributed by atoms with Crippen LogP contribution in [-0.2, 0) is 0 Å². The van der Waals surface area contributed by atoms with Gasteiger partial charge in [-0.25, -0.2) is 9.78 Å². The van der Waals surface area contributed by atoms with Gasteiger partial charge in [-0.15, -0.1) is 0 Å². The van der Waals surface area contributed by atoms with Gasteiger partial charge >= 0.3 is 5.97 Å². The molecule has 1 N–H and O–H groups in total. The molecular weight excluding hydrogens is 264 g/mol. The van der Waals surface area contributed by atoms with Crippen molar-refractivity contribution in [3.63, 3.8) is 0 Å². The Morgan fingerprint density at radius 2 is 2.32 bits per heavy atom. The first kappa shape index (κ1) is 14.1. The summed E-state index contributed by atoms with van der Waals surface area (Å²) < 4.78 is 0. The Morgan fingerprint density at radius 3 is 3.00 bits per heavy atom. The van der Waals surface area contributed by atoms with Crippen LogP contribution in [0.2, 0.25) is 5.02 Å². The second-order valence-electron chi connectivity index (χ2n) is 5.02. The van der Waals surface area contributed by atoms with E-state index in [2.05, 4.69) is 16.8 Å². The molecule has 5 heteroatoms. The van der Waals surface area contributed by atoms with Crippen LogP contribution in [0.3, 0.4) is 0 Å². The zero-order valence-corrected chi connectivity index (χ0v) is 11.9. The number of carboxylic acid groups (broad SMARTS) is 1. The number of hydrogen-bond donors (Lipinski definition) is 1. The molecule has 1 aliphatic heterocycles. The van der Waals surface area contributed by atoms with Crippen molar-refractivity contribution in [1.82, 2.24) is 4.98 Å². The zero-order valence-electron chi connectivity index (χ0n) is 11.1. The monoisotopic (exact) mass is 282 g/mol. The van der Waals surface area contributed by atoms with Crippen LogP contribution in [0.4, 0.5) is 5.82 Å². The van der Waals surface area contributed by atoms with Crippen molar-refractivity contribution in [2.75, 3.05) is 18.0 Å². The van der Waals surface area contributed by atoms with Gasteiger partial charge < -0.3 is 10.0 Å². The number of nitrogens with zero attached hydrogens (tertiary/aromatic N) is 2. The fourth-order valence-corrected chi connectivity index (χ4v) is 2.75. The van der Waals surface area contributed by atoms with Crippen LogP contribution >= 0.6 is 11.6 Å². The summed E-state index contributed by atoms with van der Waals surface area (Å²) in [4.78, 5) is 17.5. The van der Waals surface area contributed by atoms with Crippen molar-refractivity contribution in [3.8, 4) is 0 Å². The maximum Gasteiger partial charge on any atom is 0.337 e. The standard InChI is InChI=1S/C14H19ClN2O2/c1-2-10-4-3-6-17(7-5-10)13-8-11(14(18)19)12(15)9-16-13/h8-10H,2-7H2,1H3,(H,18,19). The highest BCUT2D eigenvalue weighted by molar-refractivity contribution is 6.33. The Hall–Kier alpha value is -1.29. The van der Waals surface area contributed by atoms with Crippen molar-refractivity contribution in [2.24, 2.45) is 5.92 Å². The van der Waals surface area contributed by atoms with Crippen molar-refractivity contribution in [1.29, 1.82) is 0 Å². The average molecular weight is 283 g/mol. The van der Waals surface area contributed by atoms with E-state index in [0.29, 0.717) is 0 Å². The summed E-state index contributed by atoms with van der Waals surface area (Å²) >= 11 is 5.85. The van der Waals surface area contributed by atoms with E-state index in [0.717, 1.165) is 37.7 Å². The minimum absolute atomic E-state index is 0.128. The van der Waals surface area contributed by atoms with Crippen LogP contribution in [0.1, 0.15) is 43.0 Å². The highest BCUT2D eigenvalue weighted by atomic mass is 35.5. The lowest BCUT2D eigenvalue weighted by Crippen LogP contribution is -2.25. The lowest BCUT2D eigenvalue weighted by Gasteiger charge is -2.22. The van der Waals surface area contributed by atoms with Gasteiger partial charge in [-0.3, -0.25) is 0 Å². The van der Waals surface area contributed by atoms with Crippen LogP contribution in [-0.4, -0.2) is 29.1 Å². The number of halogens is 1. The molecule has 1 saturated heterocycles. The molecule has 0 bridgehead atoms. The summed E-state index contributed by atoms with van der Waals surface area (Å²) in [6, 6.07) is 1.58. The van der Waals surface area contributed by atoms with Crippen molar-refractivity contribution >= 4 is 23.4 Å². The Balaban J connectivity index is 2.17. The molecule has 1 aromatic rings. The Bertz CT molecular complexity index is 465. The minimum Gasteiger partial charge on any atom is -0.478 e. The van der Waals surface area contributed by atoms with E-state index in [1.165, 1.54) is 19.0 Å². The van der Waals surface area contributed by atoms with Crippen LogP contribution in [0.15, 0.2) is 12.3 Å². The molecule has 0 aliphatic carbocycles. The normalized spacial score (nSPS) is 20.1. The third kappa shape index (κ3) is 3.38. The summed E-state index contributed by atoms with van der Waals surface area (Å²) in [6.07, 6.45) is 6.16. The topological polar surface area (TPSA) is 53.4 Å². The molecule has 1 fully saturated rings. The number of pyridine rings is 1. The molecule has 1 unspecified atom stereocenters. The fourth-order valence-electron chi connectivity index (χ4n) is 2.57. The number of carbonyl (C=O) groups is 1. The molecule has 19 heavy (non-hydrogen) atoms. The van der Waals surface area contributed by atoms with Crippen molar-refractivity contribution in [2.45, 2.75) is 32.6 Å². The molecule has 1 aromatic heterocycles. The van der Waals surface area contributed by atoms with E-state index in [1.807, 2.05) is 0 Å². The SMILES string of the molecule is CCC1CCCN(c2cc(C(=O)O)c(Cl)cn2)CC1. The Kier molecular flexibility index (Phi) is 4.64. The summed E-state index contributed by atoms with van der Waals surface area (Å²) in [7, 11) is 0. The zero-order chi connectivity index (χ0) is 13.8. The van der Waals surface area contributed by atoms with Crippen LogP contribution in [0, 0.1) is 5.92 Å². The van der Waals surface area contributed by atoms with Gasteiger partial charge in [0.05, 0.1) is 10.6 Å². The first-order valence-corrected chi connectivity index (χ1v) is 7.13. The van der Waals surface area contributed by atoms with Gasteiger partial charge in [-0.2, -0.15) is 0 Å². The number of aromatic carboxylic acids is 1. The first-order chi connectivity index (χ1) is 9.11. The Morgan fingerprint density at radius 1 is 1.53 bits per heavy atom. The molecule has 0 saturated carbocycles. The fraction of sp³-hybridized carbons (Fsp3) is 0.571. The summed E-state index contributed by atoms with van der Waals surface area (Å²) in [5, 5.41) is 9.29. The van der Waals surface area contributed by atoms with Gasteiger partial charge in [-0.05, 0) is 31.2 Å². The van der Waals surface area contributed by atoms with Crippen LogP contribution in [0.25, 0.3) is 0 Å². The number of carboxylic acids is 1. The smallest absolute Gasteiger partial charge is 0.337 e. The molecule has 0 amide bonds. The van der Waals surface area contributed by atoms with Crippen molar-refractivity contribution < 1.29 is 9.90 Å². The summed E-state index contributed by atoms with van der Waals surface area (Å²) in [5.41, 5.74) is 0.128. The van der Waals surface area contributed by atoms with E-state index >= 15 is 0 Å². The molecule has 104 valence electrons. The third-order valence-electron chi connectivity index (χ3n) is 3.82. The molecule has 0 radical (unpaired) electrons. The highest BCUT2D eigenvalue weighted by Crippen LogP contribution is 2.25. The van der Waals surface area contributed by atoms with Gasteiger partial charge in [0.1, 0.15) is 5.82 Å². The Labute approximate surface area is 118 Å². The highest BCUT2D eigenvalue weighted by Gasteiger charge is 2.18. The van der Waals surface area contributed by atoms with Gasteiger partial charge in [-0.1, -0.05) is 24.9 Å². The lowest BCUT2D eigenvalue weighted by molar-refractivity contribution is 0.0697. The average Bonchev–Trinajstić information content (AvgIpc) is 2.64. The van der Waals surface area contributed by atoms with E-state index in [9.17, 15) is 4.79 Å². The number of hydrogen-bond acceptors (Lipinski definition) is 3. The predicted molar refractivity (Wildman–Crippen MR) is 76.1 cm³/mol. The molecule has 1 aliphatic rings. The molecule has 2 heterocycles. The molecule has 4 nitrogen and oxygen atoms in total. The van der Waals surface area contributed by atoms with Crippen LogP contribution < -0.4 is 4.90 Å². The van der Waals surface area contributed by atoms with Gasteiger partial charge in [0.25, 0.3) is 0 Å². The number of aromatic nitrogens is 1. The largest absolute Gasteiger partial charge is 0.478 e. The van der Waals surface area contributed by atoms with Gasteiger partial charge in [0.2, 0.25) is 0 Å². The maximum absolute atomic E-state index is 11.1. The molecule has 0 aromatic carbocycles. The lowest BCUT2D eigenvalue weighted by atomic mass is 9.98. The maximum atomic E-state index is 11.1. The number of anilines is 1. The van der Waals surface area contributed by atoms with E-state index in [1.54, 1.807) is 6.07 Å². The molecule has 1 atom stereocenters. The van der Waals surface area contributed by atoms with Crippen LogP contribution in [0.5, 0.6) is 0 Å². The minimum atomic E-state index is -1.00. The molecule has 0 spiro atoms. The second kappa shape index (κ2) is 6.24. The van der Waals surface area contributed by atoms with E-state index < -0.39 is 5.97 Å². The molecular formula is C14H19ClN2O2. The first-order valence-electron chi connectivity index (χ1n) is 6.75. The predicted octanol–water partition coefficient (Wildman–Crippen LogP) is 3.45. The number of rotatable bonds is 3. The summed E-state index contributed by atoms with van der Waals surface area (Å²) in [5.74, 6) is 0.490. The van der Waals surface area contributed by atoms with Gasteiger partial charge in [0.15, 0.2) is 0 Å². The third-order valence-corrected chi connectivity index (χ3v) is 4.12. The van der Waals surface area contributed by atoms with Gasteiger partial charge in [0, 0.05) is 19.3 Å². The van der Waals surface area contributed by atoms with Crippen molar-refractivity contribution in [3.05, 3.63) is 22.8 Å².